The highest BCUT2D eigenvalue weighted by Crippen LogP contribution is 2.33. The summed E-state index contributed by atoms with van der Waals surface area (Å²) in [7, 11) is 0. The minimum Gasteiger partial charge on any atom is -0.494 e. The van der Waals surface area contributed by atoms with Gasteiger partial charge in [-0.3, -0.25) is 4.79 Å². The molecule has 2 aliphatic heterocycles. The molecule has 35 heavy (non-hydrogen) atoms. The summed E-state index contributed by atoms with van der Waals surface area (Å²) in [6.45, 7) is 11.0. The van der Waals surface area contributed by atoms with Crippen LogP contribution in [0.1, 0.15) is 40.5 Å². The molecule has 2 saturated heterocycles. The number of benzene rings is 2. The Morgan fingerprint density at radius 3 is 2.23 bits per heavy atom. The van der Waals surface area contributed by atoms with Crippen LogP contribution in [0.5, 0.6) is 11.5 Å². The second-order valence-electron chi connectivity index (χ2n) is 9.39. The van der Waals surface area contributed by atoms with Crippen molar-refractivity contribution < 1.29 is 28.2 Å². The first-order valence-electron chi connectivity index (χ1n) is 12.3. The molecule has 0 radical (unpaired) electrons. The predicted octanol–water partition coefficient (Wildman–Crippen LogP) is 5.59. The lowest BCUT2D eigenvalue weighted by Crippen LogP contribution is -2.44. The van der Waals surface area contributed by atoms with Crippen molar-refractivity contribution in [2.24, 2.45) is 11.8 Å². The standard InChI is InChI=1S/C25H32F2N2O2.C2H4O2/c1-4-30-19-5-7-21(26)24(14-19)29-12-10-25(18(3)16-29)31-20-6-8-23(22(27)13-20)28-11-9-17(2)15-28;1-2(3)4/h5-8,13-14,17-18,25H,4,9-12,15-16H2,1-3H3;1H3,(H,3,4). The molecule has 0 spiro atoms. The van der Waals surface area contributed by atoms with Gasteiger partial charge in [0, 0.05) is 57.6 Å². The smallest absolute Gasteiger partial charge is 0.300 e. The minimum atomic E-state index is -0.833. The summed E-state index contributed by atoms with van der Waals surface area (Å²) in [4.78, 5) is 13.1. The molecule has 2 heterocycles. The van der Waals surface area contributed by atoms with E-state index in [1.807, 2.05) is 24.0 Å². The molecule has 2 aromatic carbocycles. The lowest BCUT2D eigenvalue weighted by molar-refractivity contribution is -0.134. The molecule has 8 heteroatoms. The fourth-order valence-electron chi connectivity index (χ4n) is 4.66. The van der Waals surface area contributed by atoms with E-state index in [9.17, 15) is 8.78 Å². The van der Waals surface area contributed by atoms with Crippen LogP contribution in [0.4, 0.5) is 20.2 Å². The molecule has 0 saturated carbocycles. The number of carboxylic acids is 1. The quantitative estimate of drug-likeness (QED) is 0.569. The monoisotopic (exact) mass is 490 g/mol. The van der Waals surface area contributed by atoms with E-state index >= 15 is 0 Å². The number of carboxylic acid groups (broad SMARTS) is 1. The number of halogens is 2. The molecule has 0 aromatic heterocycles. The first kappa shape index (κ1) is 26.6. The van der Waals surface area contributed by atoms with Crippen molar-refractivity contribution >= 4 is 17.3 Å². The number of piperidine rings is 1. The van der Waals surface area contributed by atoms with Crippen molar-refractivity contribution in [3.05, 3.63) is 48.0 Å². The third-order valence-corrected chi connectivity index (χ3v) is 6.37. The molecule has 0 amide bonds. The van der Waals surface area contributed by atoms with E-state index in [0.717, 1.165) is 32.9 Å². The Balaban J connectivity index is 0.000000795. The first-order valence-corrected chi connectivity index (χ1v) is 12.3. The largest absolute Gasteiger partial charge is 0.494 e. The molecule has 3 unspecified atom stereocenters. The zero-order valence-corrected chi connectivity index (χ0v) is 21.0. The van der Waals surface area contributed by atoms with E-state index in [-0.39, 0.29) is 23.7 Å². The number of ether oxygens (including phenoxy) is 2. The zero-order chi connectivity index (χ0) is 25.5. The first-order chi connectivity index (χ1) is 16.7. The van der Waals surface area contributed by atoms with Crippen LogP contribution in [-0.4, -0.2) is 50.0 Å². The molecule has 6 nitrogen and oxygen atoms in total. The van der Waals surface area contributed by atoms with Gasteiger partial charge in [0.05, 0.1) is 18.0 Å². The van der Waals surface area contributed by atoms with Gasteiger partial charge in [-0.2, -0.15) is 0 Å². The maximum absolute atomic E-state index is 14.7. The van der Waals surface area contributed by atoms with E-state index in [1.54, 1.807) is 12.1 Å². The van der Waals surface area contributed by atoms with Gasteiger partial charge in [-0.25, -0.2) is 8.78 Å². The Morgan fingerprint density at radius 1 is 0.971 bits per heavy atom. The van der Waals surface area contributed by atoms with Gasteiger partial charge in [-0.15, -0.1) is 0 Å². The Labute approximate surface area is 206 Å². The van der Waals surface area contributed by atoms with Crippen LogP contribution >= 0.6 is 0 Å². The summed E-state index contributed by atoms with van der Waals surface area (Å²) in [5.41, 5.74) is 1.22. The van der Waals surface area contributed by atoms with Gasteiger partial charge in [0.2, 0.25) is 0 Å². The molecule has 2 aromatic rings. The number of anilines is 2. The number of aliphatic carboxylic acids is 1. The Kier molecular flexibility index (Phi) is 9.18. The van der Waals surface area contributed by atoms with Gasteiger partial charge < -0.3 is 24.4 Å². The van der Waals surface area contributed by atoms with Gasteiger partial charge in [0.25, 0.3) is 5.97 Å². The highest BCUT2D eigenvalue weighted by molar-refractivity contribution is 5.63. The van der Waals surface area contributed by atoms with Crippen LogP contribution in [0.25, 0.3) is 0 Å². The summed E-state index contributed by atoms with van der Waals surface area (Å²) in [5, 5.41) is 7.42. The van der Waals surface area contributed by atoms with E-state index in [2.05, 4.69) is 18.7 Å². The summed E-state index contributed by atoms with van der Waals surface area (Å²) < 4.78 is 40.8. The highest BCUT2D eigenvalue weighted by Gasteiger charge is 2.29. The van der Waals surface area contributed by atoms with Crippen LogP contribution in [0.15, 0.2) is 36.4 Å². The van der Waals surface area contributed by atoms with E-state index in [4.69, 9.17) is 19.4 Å². The molecule has 1 N–H and O–H groups in total. The Hall–Kier alpha value is -3.03. The molecule has 3 atom stereocenters. The number of hydrogen-bond donors (Lipinski definition) is 1. The number of rotatable bonds is 6. The van der Waals surface area contributed by atoms with E-state index < -0.39 is 5.97 Å². The van der Waals surface area contributed by atoms with Gasteiger partial charge in [0.15, 0.2) is 0 Å². The highest BCUT2D eigenvalue weighted by atomic mass is 19.1. The Morgan fingerprint density at radius 2 is 1.63 bits per heavy atom. The molecule has 2 aliphatic rings. The predicted molar refractivity (Wildman–Crippen MR) is 134 cm³/mol. The second kappa shape index (κ2) is 12.1. The molecular weight excluding hydrogens is 454 g/mol. The van der Waals surface area contributed by atoms with Gasteiger partial charge in [-0.05, 0) is 43.5 Å². The summed E-state index contributed by atoms with van der Waals surface area (Å²) in [5.74, 6) is 0.693. The van der Waals surface area contributed by atoms with Gasteiger partial charge >= 0.3 is 0 Å². The van der Waals surface area contributed by atoms with Crippen molar-refractivity contribution in [3.63, 3.8) is 0 Å². The molecule has 0 aliphatic carbocycles. The average molecular weight is 491 g/mol. The Bertz CT molecular complexity index is 999. The average Bonchev–Trinajstić information content (AvgIpc) is 3.22. The number of carbonyl (C=O) groups is 1. The van der Waals surface area contributed by atoms with Crippen LogP contribution in [-0.2, 0) is 4.79 Å². The van der Waals surface area contributed by atoms with Crippen molar-refractivity contribution in [2.45, 2.75) is 46.6 Å². The summed E-state index contributed by atoms with van der Waals surface area (Å²) in [6.07, 6.45) is 1.81. The lowest BCUT2D eigenvalue weighted by Gasteiger charge is -2.38. The fourth-order valence-corrected chi connectivity index (χ4v) is 4.66. The molecule has 0 bridgehead atoms. The third kappa shape index (κ3) is 7.23. The van der Waals surface area contributed by atoms with Crippen LogP contribution < -0.4 is 19.3 Å². The van der Waals surface area contributed by atoms with Crippen molar-refractivity contribution in [3.8, 4) is 11.5 Å². The molecule has 4 rings (SSSR count). The maximum Gasteiger partial charge on any atom is 0.300 e. The lowest BCUT2D eigenvalue weighted by atomic mass is 9.95. The van der Waals surface area contributed by atoms with Crippen LogP contribution in [0, 0.1) is 23.5 Å². The van der Waals surface area contributed by atoms with Crippen LogP contribution in [0.3, 0.4) is 0 Å². The molecule has 192 valence electrons. The fraction of sp³-hybridized carbons (Fsp3) is 0.519. The summed E-state index contributed by atoms with van der Waals surface area (Å²) >= 11 is 0. The maximum atomic E-state index is 14.7. The van der Waals surface area contributed by atoms with Crippen LogP contribution in [0.2, 0.25) is 0 Å². The zero-order valence-electron chi connectivity index (χ0n) is 21.0. The molecule has 2 fully saturated rings. The normalized spacial score (nSPS) is 21.8. The van der Waals surface area contributed by atoms with Crippen molar-refractivity contribution in [1.82, 2.24) is 0 Å². The number of nitrogens with zero attached hydrogens (tertiary/aromatic N) is 2. The second-order valence-corrected chi connectivity index (χ2v) is 9.39. The topological polar surface area (TPSA) is 62.2 Å². The number of hydrogen-bond acceptors (Lipinski definition) is 5. The van der Waals surface area contributed by atoms with Gasteiger partial charge in [-0.1, -0.05) is 13.8 Å². The molecular formula is C27H36F2N2O4. The van der Waals surface area contributed by atoms with Crippen molar-refractivity contribution in [2.75, 3.05) is 42.6 Å². The van der Waals surface area contributed by atoms with Crippen molar-refractivity contribution in [1.29, 1.82) is 0 Å². The van der Waals surface area contributed by atoms with E-state index in [1.165, 1.54) is 12.1 Å². The third-order valence-electron chi connectivity index (χ3n) is 6.37. The SMILES string of the molecule is CC(=O)O.CCOc1ccc(F)c(N2CCC(Oc3ccc(N4CCC(C)C4)c(F)c3)C(C)C2)c1. The minimum absolute atomic E-state index is 0.0357. The van der Waals surface area contributed by atoms with E-state index in [0.29, 0.717) is 48.5 Å². The van der Waals surface area contributed by atoms with Gasteiger partial charge in [0.1, 0.15) is 29.2 Å². The summed E-state index contributed by atoms with van der Waals surface area (Å²) in [6, 6.07) is 10.1.